The van der Waals surface area contributed by atoms with Crippen LogP contribution in [0.4, 0.5) is 0 Å². The molecule has 0 bridgehead atoms. The second-order valence-corrected chi connectivity index (χ2v) is 8.08. The third-order valence-electron chi connectivity index (χ3n) is 1.46. The van der Waals surface area contributed by atoms with Crippen molar-refractivity contribution in [3.63, 3.8) is 0 Å². The van der Waals surface area contributed by atoms with Crippen molar-refractivity contribution in [2.75, 3.05) is 13.3 Å². The van der Waals surface area contributed by atoms with Crippen LogP contribution in [0, 0.1) is 0 Å². The van der Waals surface area contributed by atoms with Crippen molar-refractivity contribution < 1.29 is 9.09 Å². The normalized spacial score (nSPS) is 15.1. The van der Waals surface area contributed by atoms with Crippen LogP contribution in [0.2, 0.25) is 5.02 Å². The first-order valence-corrected chi connectivity index (χ1v) is 8.08. The maximum atomic E-state index is 11.8. The van der Waals surface area contributed by atoms with E-state index in [1.165, 1.54) is 11.4 Å². The Morgan fingerprint density at radius 3 is 2.71 bits per heavy atom. The number of benzene rings is 1. The topological polar surface area (TPSA) is 26.3 Å². The third-order valence-corrected chi connectivity index (χ3v) is 5.42. The Hall–Kier alpha value is 0.0500. The van der Waals surface area contributed by atoms with Gasteiger partial charge in [-0.25, -0.2) is 0 Å². The standard InChI is InChI=1S/C9H12ClO2PS/c1-3-12-13(2,11)14-9-7-5-4-6-8(9)10/h4-7H,3H2,1-2H3. The molecule has 0 aliphatic heterocycles. The number of halogens is 1. The fourth-order valence-electron chi connectivity index (χ4n) is 0.958. The minimum Gasteiger partial charge on any atom is -0.321 e. The van der Waals surface area contributed by atoms with Crippen LogP contribution >= 0.6 is 29.6 Å². The summed E-state index contributed by atoms with van der Waals surface area (Å²) in [5.41, 5.74) is 0. The van der Waals surface area contributed by atoms with Gasteiger partial charge in [0.1, 0.15) is 0 Å². The zero-order valence-corrected chi connectivity index (χ0v) is 10.5. The molecular weight excluding hydrogens is 239 g/mol. The van der Waals surface area contributed by atoms with Crippen molar-refractivity contribution in [2.45, 2.75) is 11.8 Å². The van der Waals surface area contributed by atoms with Crippen LogP contribution in [0.25, 0.3) is 0 Å². The Labute approximate surface area is 93.2 Å². The molecule has 0 saturated heterocycles. The van der Waals surface area contributed by atoms with Gasteiger partial charge in [-0.05, 0) is 30.4 Å². The van der Waals surface area contributed by atoms with Crippen molar-refractivity contribution in [1.82, 2.24) is 0 Å². The molecule has 0 aliphatic rings. The van der Waals surface area contributed by atoms with Crippen molar-refractivity contribution >= 4 is 29.6 Å². The number of hydrogen-bond acceptors (Lipinski definition) is 3. The second-order valence-electron chi connectivity index (χ2n) is 2.71. The Morgan fingerprint density at radius 1 is 1.50 bits per heavy atom. The summed E-state index contributed by atoms with van der Waals surface area (Å²) >= 11 is 7.13. The van der Waals surface area contributed by atoms with E-state index in [0.29, 0.717) is 11.6 Å². The summed E-state index contributed by atoms with van der Waals surface area (Å²) in [5, 5.41) is 0.610. The molecule has 1 rings (SSSR count). The van der Waals surface area contributed by atoms with Crippen LogP contribution in [-0.2, 0) is 9.09 Å². The highest BCUT2D eigenvalue weighted by Crippen LogP contribution is 2.60. The van der Waals surface area contributed by atoms with E-state index < -0.39 is 6.57 Å². The Kier molecular flexibility index (Phi) is 4.52. The second kappa shape index (κ2) is 5.22. The molecule has 0 fully saturated rings. The molecule has 1 aromatic rings. The maximum absolute atomic E-state index is 11.8. The first-order valence-electron chi connectivity index (χ1n) is 4.21. The predicted octanol–water partition coefficient (Wildman–Crippen LogP) is 4.29. The third kappa shape index (κ3) is 3.66. The molecule has 78 valence electrons. The zero-order chi connectivity index (χ0) is 10.6. The summed E-state index contributed by atoms with van der Waals surface area (Å²) in [5.74, 6) is 0. The van der Waals surface area contributed by atoms with Gasteiger partial charge in [0, 0.05) is 11.6 Å². The molecule has 0 spiro atoms. The molecule has 1 unspecified atom stereocenters. The van der Waals surface area contributed by atoms with E-state index in [9.17, 15) is 4.57 Å². The van der Waals surface area contributed by atoms with Crippen molar-refractivity contribution in [2.24, 2.45) is 0 Å². The van der Waals surface area contributed by atoms with Gasteiger partial charge in [0.15, 0.2) is 0 Å². The maximum Gasteiger partial charge on any atom is 0.259 e. The molecule has 0 aliphatic carbocycles. The molecule has 0 aromatic heterocycles. The van der Waals surface area contributed by atoms with Crippen LogP contribution < -0.4 is 0 Å². The van der Waals surface area contributed by atoms with E-state index in [4.69, 9.17) is 16.1 Å². The SMILES string of the molecule is CCOP(C)(=O)Sc1ccccc1Cl. The van der Waals surface area contributed by atoms with Gasteiger partial charge in [-0.3, -0.25) is 4.57 Å². The van der Waals surface area contributed by atoms with E-state index in [-0.39, 0.29) is 0 Å². The molecule has 0 saturated carbocycles. The lowest BCUT2D eigenvalue weighted by molar-refractivity contribution is 0.350. The summed E-state index contributed by atoms with van der Waals surface area (Å²) in [6.45, 7) is 1.26. The van der Waals surface area contributed by atoms with Crippen LogP contribution in [-0.4, -0.2) is 13.3 Å². The largest absolute Gasteiger partial charge is 0.321 e. The van der Waals surface area contributed by atoms with Crippen molar-refractivity contribution in [1.29, 1.82) is 0 Å². The van der Waals surface area contributed by atoms with E-state index in [1.807, 2.05) is 25.1 Å². The molecular formula is C9H12ClO2PS. The van der Waals surface area contributed by atoms with Crippen molar-refractivity contribution in [3.05, 3.63) is 29.3 Å². The van der Waals surface area contributed by atoms with Gasteiger partial charge in [-0.1, -0.05) is 23.7 Å². The predicted molar refractivity (Wildman–Crippen MR) is 62.5 cm³/mol. The van der Waals surface area contributed by atoms with Gasteiger partial charge >= 0.3 is 0 Å². The van der Waals surface area contributed by atoms with Crippen molar-refractivity contribution in [3.8, 4) is 0 Å². The van der Waals surface area contributed by atoms with E-state index in [2.05, 4.69) is 0 Å². The molecule has 2 nitrogen and oxygen atoms in total. The lowest BCUT2D eigenvalue weighted by Crippen LogP contribution is -1.84. The first-order chi connectivity index (χ1) is 6.55. The summed E-state index contributed by atoms with van der Waals surface area (Å²) in [4.78, 5) is 0.799. The fraction of sp³-hybridized carbons (Fsp3) is 0.333. The van der Waals surface area contributed by atoms with E-state index in [0.717, 1.165) is 4.90 Å². The Morgan fingerprint density at radius 2 is 2.14 bits per heavy atom. The van der Waals surface area contributed by atoms with Crippen LogP contribution in [0.5, 0.6) is 0 Å². The highest BCUT2D eigenvalue weighted by atomic mass is 35.5. The molecule has 0 N–H and O–H groups in total. The highest BCUT2D eigenvalue weighted by Gasteiger charge is 2.18. The quantitative estimate of drug-likeness (QED) is 0.746. The van der Waals surface area contributed by atoms with Gasteiger partial charge in [-0.15, -0.1) is 0 Å². The van der Waals surface area contributed by atoms with Crippen LogP contribution in [0.15, 0.2) is 29.2 Å². The summed E-state index contributed by atoms with van der Waals surface area (Å²) in [6, 6.07) is 7.31. The molecule has 14 heavy (non-hydrogen) atoms. The summed E-state index contributed by atoms with van der Waals surface area (Å²) in [7, 11) is 0. The van der Waals surface area contributed by atoms with Gasteiger partial charge in [0.05, 0.1) is 11.6 Å². The zero-order valence-electron chi connectivity index (χ0n) is 8.07. The Bertz CT molecular complexity index is 356. The lowest BCUT2D eigenvalue weighted by Gasteiger charge is -2.12. The molecule has 0 amide bonds. The number of hydrogen-bond donors (Lipinski definition) is 0. The lowest BCUT2D eigenvalue weighted by atomic mass is 10.4. The summed E-state index contributed by atoms with van der Waals surface area (Å²) in [6.07, 6.45) is 0. The van der Waals surface area contributed by atoms with E-state index in [1.54, 1.807) is 12.7 Å². The molecule has 1 aromatic carbocycles. The van der Waals surface area contributed by atoms with Gasteiger partial charge in [0.25, 0.3) is 6.57 Å². The summed E-state index contributed by atoms with van der Waals surface area (Å²) < 4.78 is 17.0. The smallest absolute Gasteiger partial charge is 0.259 e. The average Bonchev–Trinajstić information content (AvgIpc) is 2.08. The van der Waals surface area contributed by atoms with Crippen LogP contribution in [0.3, 0.4) is 0 Å². The monoisotopic (exact) mass is 250 g/mol. The number of rotatable bonds is 4. The van der Waals surface area contributed by atoms with Gasteiger partial charge in [0.2, 0.25) is 0 Å². The highest BCUT2D eigenvalue weighted by molar-refractivity contribution is 8.56. The molecule has 5 heteroatoms. The molecule has 0 radical (unpaired) electrons. The Balaban J connectivity index is 2.78. The minimum absolute atomic E-state index is 0.450. The molecule has 0 heterocycles. The van der Waals surface area contributed by atoms with Gasteiger partial charge in [-0.2, -0.15) is 0 Å². The van der Waals surface area contributed by atoms with Gasteiger partial charge < -0.3 is 4.52 Å². The fourth-order valence-corrected chi connectivity index (χ4v) is 4.57. The van der Waals surface area contributed by atoms with Crippen LogP contribution in [0.1, 0.15) is 6.92 Å². The molecule has 1 atom stereocenters. The van der Waals surface area contributed by atoms with E-state index >= 15 is 0 Å². The average molecular weight is 251 g/mol. The minimum atomic E-state index is -2.61. The first kappa shape index (κ1) is 12.1.